The van der Waals surface area contributed by atoms with Crippen molar-refractivity contribution in [3.05, 3.63) is 0 Å². The summed E-state index contributed by atoms with van der Waals surface area (Å²) in [6.07, 6.45) is 1.70. The first kappa shape index (κ1) is 28.4. The van der Waals surface area contributed by atoms with Crippen LogP contribution >= 0.6 is 0 Å². The van der Waals surface area contributed by atoms with Gasteiger partial charge >= 0.3 is 0 Å². The van der Waals surface area contributed by atoms with Gasteiger partial charge in [0.2, 0.25) is 0 Å². The quantitative estimate of drug-likeness (QED) is 0.103. The van der Waals surface area contributed by atoms with Gasteiger partial charge in [-0.25, -0.2) is 5.48 Å². The third kappa shape index (κ3) is 12.6. The van der Waals surface area contributed by atoms with Gasteiger partial charge in [0.1, 0.15) is 30.5 Å². The van der Waals surface area contributed by atoms with E-state index in [0.717, 1.165) is 19.4 Å². The molecular weight excluding hydrogens is 380 g/mol. The van der Waals surface area contributed by atoms with E-state index in [1.54, 1.807) is 0 Å². The molecule has 5 atom stereocenters. The molecule has 29 heavy (non-hydrogen) atoms. The average molecular weight is 423 g/mol. The lowest BCUT2D eigenvalue weighted by atomic mass is 9.96. The number of ketones is 1. The molecule has 0 aromatic rings. The highest BCUT2D eigenvalue weighted by Crippen LogP contribution is 2.11. The summed E-state index contributed by atoms with van der Waals surface area (Å²) in [7, 11) is 1.47. The molecule has 0 rings (SSSR count). The SMILES string of the molecule is CCCCCCCCCCNCCC(ONC)C(=O)[C@H](O)[C@@H](O)[C@H](O)[C@H](O)CO. The zero-order valence-electron chi connectivity index (χ0n) is 17.9. The highest BCUT2D eigenvalue weighted by molar-refractivity contribution is 5.87. The Hall–Kier alpha value is -0.650. The smallest absolute Gasteiger partial charge is 0.194 e. The van der Waals surface area contributed by atoms with Gasteiger partial charge in [0, 0.05) is 7.05 Å². The van der Waals surface area contributed by atoms with Gasteiger partial charge in [-0.1, -0.05) is 51.9 Å². The fourth-order valence-electron chi connectivity index (χ4n) is 3.02. The van der Waals surface area contributed by atoms with Crippen LogP contribution in [0.5, 0.6) is 0 Å². The molecule has 0 radical (unpaired) electrons. The Labute approximate surface area is 174 Å². The van der Waals surface area contributed by atoms with Crippen LogP contribution in [0.2, 0.25) is 0 Å². The first-order valence-electron chi connectivity index (χ1n) is 10.8. The summed E-state index contributed by atoms with van der Waals surface area (Å²) in [6.45, 7) is 2.71. The van der Waals surface area contributed by atoms with Crippen molar-refractivity contribution in [1.29, 1.82) is 0 Å². The minimum atomic E-state index is -1.95. The molecule has 0 aliphatic carbocycles. The summed E-state index contributed by atoms with van der Waals surface area (Å²) in [5, 5.41) is 50.9. The molecule has 174 valence electrons. The maximum atomic E-state index is 12.3. The van der Waals surface area contributed by atoms with Crippen molar-refractivity contribution >= 4 is 5.78 Å². The van der Waals surface area contributed by atoms with E-state index in [9.17, 15) is 25.2 Å². The lowest BCUT2D eigenvalue weighted by molar-refractivity contribution is -0.160. The molecule has 1 unspecified atom stereocenters. The molecule has 7 N–H and O–H groups in total. The van der Waals surface area contributed by atoms with Gasteiger partial charge in [0.15, 0.2) is 5.78 Å². The molecule has 0 bridgehead atoms. The summed E-state index contributed by atoms with van der Waals surface area (Å²) in [5.41, 5.74) is 2.40. The van der Waals surface area contributed by atoms with Crippen molar-refractivity contribution in [1.82, 2.24) is 10.8 Å². The molecule has 0 heterocycles. The van der Waals surface area contributed by atoms with E-state index in [1.165, 1.54) is 45.6 Å². The minimum Gasteiger partial charge on any atom is -0.394 e. The van der Waals surface area contributed by atoms with Gasteiger partial charge in [-0.3, -0.25) is 9.63 Å². The second-order valence-corrected chi connectivity index (χ2v) is 7.40. The molecule has 0 aliphatic heterocycles. The van der Waals surface area contributed by atoms with Crippen LogP contribution in [0.25, 0.3) is 0 Å². The van der Waals surface area contributed by atoms with E-state index in [2.05, 4.69) is 17.7 Å². The number of aliphatic hydroxyl groups excluding tert-OH is 5. The number of Topliss-reactive ketones (excluding diaryl/α,β-unsaturated/α-hetero) is 1. The van der Waals surface area contributed by atoms with Crippen LogP contribution < -0.4 is 10.8 Å². The predicted octanol–water partition coefficient (Wildman–Crippen LogP) is -0.369. The minimum absolute atomic E-state index is 0.263. The van der Waals surface area contributed by atoms with Crippen molar-refractivity contribution < 1.29 is 35.2 Å². The van der Waals surface area contributed by atoms with Gasteiger partial charge in [0.25, 0.3) is 0 Å². The van der Waals surface area contributed by atoms with Crippen LogP contribution in [0, 0.1) is 0 Å². The van der Waals surface area contributed by atoms with Gasteiger partial charge in [-0.05, 0) is 25.9 Å². The highest BCUT2D eigenvalue weighted by atomic mass is 16.7. The van der Waals surface area contributed by atoms with Crippen LogP contribution in [0.3, 0.4) is 0 Å². The first-order chi connectivity index (χ1) is 13.9. The third-order valence-electron chi connectivity index (χ3n) is 4.91. The van der Waals surface area contributed by atoms with E-state index < -0.39 is 42.9 Å². The Morgan fingerprint density at radius 1 is 0.897 bits per heavy atom. The van der Waals surface area contributed by atoms with Crippen molar-refractivity contribution in [2.75, 3.05) is 26.7 Å². The molecule has 0 spiro atoms. The largest absolute Gasteiger partial charge is 0.394 e. The fourth-order valence-corrected chi connectivity index (χ4v) is 3.02. The van der Waals surface area contributed by atoms with Crippen LogP contribution in [0.4, 0.5) is 0 Å². The Morgan fingerprint density at radius 3 is 2.03 bits per heavy atom. The number of hydrogen-bond donors (Lipinski definition) is 7. The predicted molar refractivity (Wildman–Crippen MR) is 110 cm³/mol. The van der Waals surface area contributed by atoms with Crippen LogP contribution in [0.15, 0.2) is 0 Å². The van der Waals surface area contributed by atoms with Crippen LogP contribution in [-0.4, -0.2) is 88.6 Å². The number of hydrogen-bond acceptors (Lipinski definition) is 9. The van der Waals surface area contributed by atoms with Gasteiger partial charge < -0.3 is 30.8 Å². The molecule has 0 amide bonds. The van der Waals surface area contributed by atoms with E-state index in [4.69, 9.17) is 9.94 Å². The number of aliphatic hydroxyl groups is 5. The number of unbranched alkanes of at least 4 members (excludes halogenated alkanes) is 7. The van der Waals surface area contributed by atoms with E-state index in [-0.39, 0.29) is 6.42 Å². The zero-order valence-corrected chi connectivity index (χ0v) is 17.9. The van der Waals surface area contributed by atoms with E-state index in [0.29, 0.717) is 6.54 Å². The lowest BCUT2D eigenvalue weighted by Crippen LogP contribution is -2.52. The maximum Gasteiger partial charge on any atom is 0.194 e. The van der Waals surface area contributed by atoms with Crippen molar-refractivity contribution in [3.8, 4) is 0 Å². The summed E-state index contributed by atoms with van der Waals surface area (Å²) in [6, 6.07) is 0. The standard InChI is InChI=1S/C20H42N2O7/c1-3-4-5-6-7-8-9-10-12-22-13-11-16(29-21-2)18(26)20(28)19(27)17(25)15(24)14-23/h15-17,19-25,27-28H,3-14H2,1-2H3/t15-,16?,17-,19+,20+/m1/s1. The van der Waals surface area contributed by atoms with E-state index in [1.807, 2.05) is 0 Å². The molecule has 0 aromatic heterocycles. The summed E-state index contributed by atoms with van der Waals surface area (Å²) >= 11 is 0. The number of carbonyl (C=O) groups is 1. The number of carbonyl (C=O) groups excluding carboxylic acids is 1. The molecule has 0 saturated heterocycles. The molecule has 0 fully saturated rings. The third-order valence-corrected chi connectivity index (χ3v) is 4.91. The molecule has 9 nitrogen and oxygen atoms in total. The Kier molecular flexibility index (Phi) is 17.7. The maximum absolute atomic E-state index is 12.3. The number of rotatable bonds is 20. The van der Waals surface area contributed by atoms with Crippen molar-refractivity contribution in [2.45, 2.75) is 95.2 Å². The molecule has 0 aliphatic rings. The van der Waals surface area contributed by atoms with Gasteiger partial charge in [-0.15, -0.1) is 0 Å². The molecular formula is C20H42N2O7. The lowest BCUT2D eigenvalue weighted by Gasteiger charge is -2.27. The van der Waals surface area contributed by atoms with Gasteiger partial charge in [0.05, 0.1) is 6.61 Å². The first-order valence-corrected chi connectivity index (χ1v) is 10.8. The van der Waals surface area contributed by atoms with Crippen LogP contribution in [-0.2, 0) is 9.63 Å². The zero-order chi connectivity index (χ0) is 22.1. The molecule has 0 saturated carbocycles. The topological polar surface area (TPSA) is 152 Å². The van der Waals surface area contributed by atoms with Gasteiger partial charge in [-0.2, -0.15) is 0 Å². The molecule has 9 heteroatoms. The summed E-state index contributed by atoms with van der Waals surface area (Å²) in [4.78, 5) is 17.5. The number of hydroxylamine groups is 1. The van der Waals surface area contributed by atoms with Crippen LogP contribution in [0.1, 0.15) is 64.7 Å². The molecule has 0 aromatic carbocycles. The van der Waals surface area contributed by atoms with Crippen molar-refractivity contribution in [2.24, 2.45) is 0 Å². The fraction of sp³-hybridized carbons (Fsp3) is 0.950. The Bertz CT molecular complexity index is 401. The summed E-state index contributed by atoms with van der Waals surface area (Å²) < 4.78 is 0. The second kappa shape index (κ2) is 18.1. The Balaban J connectivity index is 4.13. The van der Waals surface area contributed by atoms with E-state index >= 15 is 0 Å². The summed E-state index contributed by atoms with van der Waals surface area (Å²) in [5.74, 6) is -0.815. The number of nitrogens with one attached hydrogen (secondary N) is 2. The Morgan fingerprint density at radius 2 is 1.48 bits per heavy atom. The highest BCUT2D eigenvalue weighted by Gasteiger charge is 2.37. The monoisotopic (exact) mass is 422 g/mol. The second-order valence-electron chi connectivity index (χ2n) is 7.40. The van der Waals surface area contributed by atoms with Crippen molar-refractivity contribution in [3.63, 3.8) is 0 Å². The normalized spacial score (nSPS) is 16.9. The average Bonchev–Trinajstić information content (AvgIpc) is 2.73.